The molecule has 2 aromatic rings. The average Bonchev–Trinajstić information content (AvgIpc) is 2.61. The van der Waals surface area contributed by atoms with Gasteiger partial charge < -0.3 is 10.6 Å². The van der Waals surface area contributed by atoms with Crippen molar-refractivity contribution in [1.29, 1.82) is 0 Å². The molecular formula is C18H24N4. The van der Waals surface area contributed by atoms with E-state index in [2.05, 4.69) is 44.9 Å². The smallest absolute Gasteiger partial charge is 0.0271 e. The van der Waals surface area contributed by atoms with Crippen LogP contribution in [0.1, 0.15) is 36.8 Å². The van der Waals surface area contributed by atoms with Crippen molar-refractivity contribution < 1.29 is 0 Å². The van der Waals surface area contributed by atoms with Gasteiger partial charge in [0.15, 0.2) is 0 Å². The van der Waals surface area contributed by atoms with Crippen LogP contribution in [0.25, 0.3) is 0 Å². The van der Waals surface area contributed by atoms with Gasteiger partial charge in [0.1, 0.15) is 0 Å². The molecule has 116 valence electrons. The summed E-state index contributed by atoms with van der Waals surface area (Å²) in [5.74, 6) is 0. The molecule has 4 nitrogen and oxygen atoms in total. The quantitative estimate of drug-likeness (QED) is 0.860. The van der Waals surface area contributed by atoms with E-state index >= 15 is 0 Å². The van der Waals surface area contributed by atoms with E-state index < -0.39 is 0 Å². The van der Waals surface area contributed by atoms with Gasteiger partial charge >= 0.3 is 0 Å². The van der Waals surface area contributed by atoms with Crippen LogP contribution in [0.15, 0.2) is 49.1 Å². The Labute approximate surface area is 132 Å². The molecule has 2 atom stereocenters. The maximum Gasteiger partial charge on any atom is 0.0271 e. The standard InChI is InChI=1S/C18H24N4/c1-2-4-18(22-14-16-7-11-20-12-8-16)17(3-1)21-13-15-5-9-19-10-6-15/h5-12,17-18,21-22H,1-4,13-14H2. The van der Waals surface area contributed by atoms with Crippen molar-refractivity contribution in [3.8, 4) is 0 Å². The molecule has 0 aliphatic heterocycles. The second-order valence-corrected chi connectivity index (χ2v) is 5.97. The predicted octanol–water partition coefficient (Wildman–Crippen LogP) is 2.67. The largest absolute Gasteiger partial charge is 0.308 e. The molecule has 0 saturated heterocycles. The molecule has 4 heteroatoms. The fraction of sp³-hybridized carbons (Fsp3) is 0.444. The molecule has 0 bridgehead atoms. The van der Waals surface area contributed by atoms with Gasteiger partial charge in [0.05, 0.1) is 0 Å². The van der Waals surface area contributed by atoms with E-state index in [-0.39, 0.29) is 0 Å². The summed E-state index contributed by atoms with van der Waals surface area (Å²) in [6.07, 6.45) is 12.6. The van der Waals surface area contributed by atoms with Gasteiger partial charge in [-0.1, -0.05) is 12.8 Å². The van der Waals surface area contributed by atoms with Gasteiger partial charge in [0.2, 0.25) is 0 Å². The third-order valence-electron chi connectivity index (χ3n) is 4.40. The zero-order valence-electron chi connectivity index (χ0n) is 12.9. The van der Waals surface area contributed by atoms with E-state index in [1.807, 2.05) is 24.8 Å². The van der Waals surface area contributed by atoms with E-state index in [4.69, 9.17) is 0 Å². The van der Waals surface area contributed by atoms with E-state index in [0.29, 0.717) is 12.1 Å². The molecule has 0 aromatic carbocycles. The first kappa shape index (κ1) is 15.1. The number of hydrogen-bond donors (Lipinski definition) is 2. The minimum atomic E-state index is 0.545. The van der Waals surface area contributed by atoms with Crippen molar-refractivity contribution in [2.24, 2.45) is 0 Å². The van der Waals surface area contributed by atoms with Crippen molar-refractivity contribution in [1.82, 2.24) is 20.6 Å². The lowest BCUT2D eigenvalue weighted by atomic mass is 9.90. The molecule has 2 aromatic heterocycles. The van der Waals surface area contributed by atoms with Crippen molar-refractivity contribution in [2.75, 3.05) is 0 Å². The minimum Gasteiger partial charge on any atom is -0.308 e. The highest BCUT2D eigenvalue weighted by Crippen LogP contribution is 2.19. The molecule has 1 aliphatic rings. The zero-order valence-corrected chi connectivity index (χ0v) is 12.9. The number of nitrogens with zero attached hydrogens (tertiary/aromatic N) is 2. The van der Waals surface area contributed by atoms with Crippen LogP contribution in [0, 0.1) is 0 Å². The number of pyridine rings is 2. The molecule has 3 rings (SSSR count). The van der Waals surface area contributed by atoms with Gasteiger partial charge in [-0.15, -0.1) is 0 Å². The zero-order chi connectivity index (χ0) is 15.0. The summed E-state index contributed by atoms with van der Waals surface area (Å²) in [7, 11) is 0. The van der Waals surface area contributed by atoms with Gasteiger partial charge in [0.25, 0.3) is 0 Å². The molecule has 2 N–H and O–H groups in total. The van der Waals surface area contributed by atoms with Crippen LogP contribution in [0.4, 0.5) is 0 Å². The molecule has 0 amide bonds. The van der Waals surface area contributed by atoms with Crippen LogP contribution in [-0.2, 0) is 13.1 Å². The normalized spacial score (nSPS) is 21.6. The monoisotopic (exact) mass is 296 g/mol. The first-order valence-corrected chi connectivity index (χ1v) is 8.16. The Kier molecular flexibility index (Phi) is 5.51. The molecule has 0 radical (unpaired) electrons. The lowest BCUT2D eigenvalue weighted by Gasteiger charge is -2.33. The third kappa shape index (κ3) is 4.36. The van der Waals surface area contributed by atoms with Crippen LogP contribution >= 0.6 is 0 Å². The average molecular weight is 296 g/mol. The van der Waals surface area contributed by atoms with Crippen LogP contribution in [-0.4, -0.2) is 22.1 Å². The summed E-state index contributed by atoms with van der Waals surface area (Å²) in [4.78, 5) is 8.15. The molecule has 1 aliphatic carbocycles. The van der Waals surface area contributed by atoms with Gasteiger partial charge in [-0.25, -0.2) is 0 Å². The fourth-order valence-corrected chi connectivity index (χ4v) is 3.12. The van der Waals surface area contributed by atoms with E-state index in [0.717, 1.165) is 13.1 Å². The van der Waals surface area contributed by atoms with Crippen molar-refractivity contribution in [3.63, 3.8) is 0 Å². The number of hydrogen-bond acceptors (Lipinski definition) is 4. The minimum absolute atomic E-state index is 0.545. The van der Waals surface area contributed by atoms with Crippen molar-refractivity contribution in [2.45, 2.75) is 50.9 Å². The summed E-state index contributed by atoms with van der Waals surface area (Å²) in [5.41, 5.74) is 2.60. The second kappa shape index (κ2) is 8.01. The number of aromatic nitrogens is 2. The Morgan fingerprint density at radius 3 is 1.55 bits per heavy atom. The molecule has 1 saturated carbocycles. The van der Waals surface area contributed by atoms with Crippen LogP contribution in [0.2, 0.25) is 0 Å². The topological polar surface area (TPSA) is 49.8 Å². The number of nitrogens with one attached hydrogen (secondary N) is 2. The summed E-state index contributed by atoms with van der Waals surface area (Å²) < 4.78 is 0. The first-order valence-electron chi connectivity index (χ1n) is 8.16. The van der Waals surface area contributed by atoms with Crippen molar-refractivity contribution >= 4 is 0 Å². The Bertz CT molecular complexity index is 492. The highest BCUT2D eigenvalue weighted by atomic mass is 15.0. The van der Waals surface area contributed by atoms with Crippen LogP contribution < -0.4 is 10.6 Å². The Morgan fingerprint density at radius 1 is 0.727 bits per heavy atom. The van der Waals surface area contributed by atoms with E-state index in [9.17, 15) is 0 Å². The number of rotatable bonds is 6. The molecule has 0 spiro atoms. The highest BCUT2D eigenvalue weighted by molar-refractivity contribution is 5.11. The maximum atomic E-state index is 4.07. The highest BCUT2D eigenvalue weighted by Gasteiger charge is 2.24. The lowest BCUT2D eigenvalue weighted by Crippen LogP contribution is -2.49. The van der Waals surface area contributed by atoms with Crippen LogP contribution in [0.3, 0.4) is 0 Å². The molecule has 1 fully saturated rings. The molecule has 22 heavy (non-hydrogen) atoms. The third-order valence-corrected chi connectivity index (χ3v) is 4.40. The van der Waals surface area contributed by atoms with E-state index in [1.165, 1.54) is 36.8 Å². The Hall–Kier alpha value is -1.78. The Balaban J connectivity index is 1.52. The van der Waals surface area contributed by atoms with Gasteiger partial charge in [-0.2, -0.15) is 0 Å². The SMILES string of the molecule is c1cc(CNC2CCCCC2NCc2ccncc2)ccn1. The first-order chi connectivity index (χ1) is 10.9. The van der Waals surface area contributed by atoms with Gasteiger partial charge in [0, 0.05) is 50.0 Å². The molecule has 2 unspecified atom stereocenters. The summed E-state index contributed by atoms with van der Waals surface area (Å²) >= 11 is 0. The van der Waals surface area contributed by atoms with Gasteiger partial charge in [-0.3, -0.25) is 9.97 Å². The molecule has 2 heterocycles. The Morgan fingerprint density at radius 2 is 1.14 bits per heavy atom. The van der Waals surface area contributed by atoms with Crippen molar-refractivity contribution in [3.05, 3.63) is 60.2 Å². The summed E-state index contributed by atoms with van der Waals surface area (Å²) in [6.45, 7) is 1.83. The van der Waals surface area contributed by atoms with Gasteiger partial charge in [-0.05, 0) is 48.2 Å². The predicted molar refractivity (Wildman–Crippen MR) is 88.2 cm³/mol. The van der Waals surface area contributed by atoms with E-state index in [1.54, 1.807) is 0 Å². The van der Waals surface area contributed by atoms with Crippen LogP contribution in [0.5, 0.6) is 0 Å². The fourth-order valence-electron chi connectivity index (χ4n) is 3.12. The second-order valence-electron chi connectivity index (χ2n) is 5.97. The summed E-state index contributed by atoms with van der Waals surface area (Å²) in [5, 5.41) is 7.44. The lowest BCUT2D eigenvalue weighted by molar-refractivity contribution is 0.281. The molecular weight excluding hydrogens is 272 g/mol. The summed E-state index contributed by atoms with van der Waals surface area (Å²) in [6, 6.07) is 9.40. The maximum absolute atomic E-state index is 4.07.